The van der Waals surface area contributed by atoms with Gasteiger partial charge in [-0.25, -0.2) is 0 Å². The molecule has 7 N–H and O–H groups in total. The molecule has 1 fully saturated rings. The molecule has 1 rings (SSSR count). The normalized spacial score (nSPS) is 23.0. The lowest BCUT2D eigenvalue weighted by atomic mass is 9.99. The van der Waals surface area contributed by atoms with Crippen molar-refractivity contribution in [1.29, 1.82) is 0 Å². The average molecular weight is 704 g/mol. The van der Waals surface area contributed by atoms with Crippen LogP contribution < -0.4 is 5.32 Å². The summed E-state index contributed by atoms with van der Waals surface area (Å²) in [7, 11) is 0. The Balaban J connectivity index is 2.10. The first-order valence-electron chi connectivity index (χ1n) is 20.3. The molecular weight excluding hydrogens is 626 g/mol. The highest BCUT2D eigenvalue weighted by Crippen LogP contribution is 2.23. The van der Waals surface area contributed by atoms with Crippen molar-refractivity contribution in [1.82, 2.24) is 5.32 Å². The molecule has 0 aromatic carbocycles. The fourth-order valence-corrected chi connectivity index (χ4v) is 6.71. The lowest BCUT2D eigenvalue weighted by molar-refractivity contribution is -0.303. The van der Waals surface area contributed by atoms with Gasteiger partial charge in [0.15, 0.2) is 6.29 Å². The van der Waals surface area contributed by atoms with Crippen LogP contribution >= 0.6 is 0 Å². The van der Waals surface area contributed by atoms with Crippen LogP contribution in [0.15, 0.2) is 0 Å². The van der Waals surface area contributed by atoms with Crippen LogP contribution in [0.4, 0.5) is 0 Å². The Hall–Kier alpha value is -0.850. The minimum Gasteiger partial charge on any atom is -0.394 e. The predicted molar refractivity (Wildman–Crippen MR) is 195 cm³/mol. The molecule has 1 aliphatic rings. The zero-order chi connectivity index (χ0) is 36.1. The third kappa shape index (κ3) is 22.0. The lowest BCUT2D eigenvalue weighted by Crippen LogP contribution is -2.60. The van der Waals surface area contributed by atoms with E-state index in [1.165, 1.54) is 122 Å². The standard InChI is InChI=1S/C39H77NO9/c1-3-5-6-7-8-9-10-11-12-13-14-15-16-17-18-19-20-21-22-23-24-25-26-28-34(43)40-31(35(44)32(42)27-4-2)30-48-39-38(47)37(46)36(45)33(29-41)49-39/h31-33,35-39,41-42,44-47H,3-30H2,1-2H3,(H,40,43)/t31-,32+,33+,35-,36-,37-,38+,39-/m0/s1. The molecule has 10 nitrogen and oxygen atoms in total. The van der Waals surface area contributed by atoms with E-state index in [4.69, 9.17) is 9.47 Å². The van der Waals surface area contributed by atoms with Gasteiger partial charge in [0.25, 0.3) is 0 Å². The first kappa shape index (κ1) is 46.2. The molecule has 0 aliphatic carbocycles. The van der Waals surface area contributed by atoms with Crippen molar-refractivity contribution in [3.63, 3.8) is 0 Å². The summed E-state index contributed by atoms with van der Waals surface area (Å²) in [6.07, 6.45) is 21.7. The largest absolute Gasteiger partial charge is 0.394 e. The van der Waals surface area contributed by atoms with Crippen LogP contribution in [0.2, 0.25) is 0 Å². The Bertz CT molecular complexity index is 758. The number of hydrogen-bond acceptors (Lipinski definition) is 9. The minimum atomic E-state index is -1.60. The van der Waals surface area contributed by atoms with Gasteiger partial charge in [0.05, 0.1) is 25.4 Å². The summed E-state index contributed by atoms with van der Waals surface area (Å²) in [6, 6.07) is -0.981. The molecular formula is C39H77NO9. The van der Waals surface area contributed by atoms with E-state index in [0.717, 1.165) is 25.7 Å². The molecule has 1 heterocycles. The van der Waals surface area contributed by atoms with E-state index in [9.17, 15) is 35.4 Å². The van der Waals surface area contributed by atoms with E-state index in [1.807, 2.05) is 6.92 Å². The van der Waals surface area contributed by atoms with Gasteiger partial charge in [0, 0.05) is 6.42 Å². The molecule has 0 unspecified atom stereocenters. The van der Waals surface area contributed by atoms with Crippen LogP contribution in [0.25, 0.3) is 0 Å². The third-order valence-corrected chi connectivity index (χ3v) is 10.0. The molecule has 8 atom stereocenters. The summed E-state index contributed by atoms with van der Waals surface area (Å²) in [6.45, 7) is 3.24. The maximum atomic E-state index is 12.7. The molecule has 0 spiro atoms. The maximum absolute atomic E-state index is 12.7. The maximum Gasteiger partial charge on any atom is 0.220 e. The molecule has 0 aromatic rings. The number of hydrogen-bond donors (Lipinski definition) is 7. The summed E-state index contributed by atoms with van der Waals surface area (Å²) in [5.41, 5.74) is 0. The topological polar surface area (TPSA) is 169 Å². The monoisotopic (exact) mass is 704 g/mol. The number of aliphatic hydroxyl groups excluding tert-OH is 6. The van der Waals surface area contributed by atoms with Crippen LogP contribution in [0.1, 0.15) is 181 Å². The first-order chi connectivity index (χ1) is 23.8. The molecule has 1 saturated heterocycles. The zero-order valence-corrected chi connectivity index (χ0v) is 31.3. The average Bonchev–Trinajstić information content (AvgIpc) is 3.09. The molecule has 0 bridgehead atoms. The number of aliphatic hydroxyl groups is 6. The van der Waals surface area contributed by atoms with Crippen molar-refractivity contribution in [2.45, 2.75) is 230 Å². The van der Waals surface area contributed by atoms with Crippen LogP contribution in [0.5, 0.6) is 0 Å². The van der Waals surface area contributed by atoms with Gasteiger partial charge in [0.2, 0.25) is 5.91 Å². The van der Waals surface area contributed by atoms with Gasteiger partial charge in [-0.2, -0.15) is 0 Å². The molecule has 0 saturated carbocycles. The van der Waals surface area contributed by atoms with Crippen molar-refractivity contribution < 1.29 is 44.9 Å². The quantitative estimate of drug-likeness (QED) is 0.0394. The van der Waals surface area contributed by atoms with Gasteiger partial charge in [-0.1, -0.05) is 162 Å². The van der Waals surface area contributed by atoms with Crippen LogP contribution in [-0.4, -0.2) is 98.7 Å². The van der Waals surface area contributed by atoms with Gasteiger partial charge in [-0.05, 0) is 12.8 Å². The second kappa shape index (κ2) is 30.7. The highest BCUT2D eigenvalue weighted by molar-refractivity contribution is 5.76. The molecule has 1 aliphatic heterocycles. The highest BCUT2D eigenvalue weighted by atomic mass is 16.7. The van der Waals surface area contributed by atoms with Crippen molar-refractivity contribution in [2.24, 2.45) is 0 Å². The van der Waals surface area contributed by atoms with Gasteiger partial charge >= 0.3 is 0 Å². The van der Waals surface area contributed by atoms with E-state index < -0.39 is 55.6 Å². The minimum absolute atomic E-state index is 0.270. The highest BCUT2D eigenvalue weighted by Gasteiger charge is 2.44. The number of amides is 1. The Kier molecular flexibility index (Phi) is 29.0. The number of nitrogens with one attached hydrogen (secondary N) is 1. The zero-order valence-electron chi connectivity index (χ0n) is 31.3. The summed E-state index contributed by atoms with van der Waals surface area (Å²) in [5.74, 6) is -0.270. The smallest absolute Gasteiger partial charge is 0.220 e. The number of unbranched alkanes of at least 4 members (excludes halogenated alkanes) is 22. The van der Waals surface area contributed by atoms with Crippen LogP contribution in [0, 0.1) is 0 Å². The summed E-state index contributed by atoms with van der Waals surface area (Å²) < 4.78 is 10.9. The molecule has 10 heteroatoms. The number of rotatable bonds is 33. The molecule has 0 aromatic heterocycles. The van der Waals surface area contributed by atoms with E-state index in [-0.39, 0.29) is 18.9 Å². The number of carbonyl (C=O) groups excluding carboxylic acids is 1. The lowest BCUT2D eigenvalue weighted by Gasteiger charge is -2.40. The molecule has 0 radical (unpaired) electrons. The van der Waals surface area contributed by atoms with Crippen molar-refractivity contribution in [3.05, 3.63) is 0 Å². The molecule has 292 valence electrons. The van der Waals surface area contributed by atoms with E-state index >= 15 is 0 Å². The molecule has 49 heavy (non-hydrogen) atoms. The Morgan fingerprint density at radius 3 is 1.47 bits per heavy atom. The van der Waals surface area contributed by atoms with Crippen LogP contribution in [0.3, 0.4) is 0 Å². The SMILES string of the molecule is CCCCCCCCCCCCCCCCCCCCCCCCCC(=O)N[C@@H](CO[C@H]1O[C@H](CO)[C@H](O)[C@H](O)[C@H]1O)[C@H](O)[C@H](O)CCC. The number of carbonyl (C=O) groups is 1. The van der Waals surface area contributed by atoms with Gasteiger partial charge in [-0.15, -0.1) is 0 Å². The third-order valence-electron chi connectivity index (χ3n) is 10.0. The van der Waals surface area contributed by atoms with Crippen molar-refractivity contribution >= 4 is 5.91 Å². The fraction of sp³-hybridized carbons (Fsp3) is 0.974. The van der Waals surface area contributed by atoms with Gasteiger partial charge < -0.3 is 45.4 Å². The summed E-state index contributed by atoms with van der Waals surface area (Å²) in [5, 5.41) is 63.5. The molecule has 1 amide bonds. The van der Waals surface area contributed by atoms with E-state index in [0.29, 0.717) is 12.8 Å². The second-order valence-corrected chi connectivity index (χ2v) is 14.6. The Labute approximate surface area is 298 Å². The van der Waals surface area contributed by atoms with E-state index in [2.05, 4.69) is 12.2 Å². The number of ether oxygens (including phenoxy) is 2. The van der Waals surface area contributed by atoms with Gasteiger partial charge in [-0.3, -0.25) is 4.79 Å². The Morgan fingerprint density at radius 2 is 1.06 bits per heavy atom. The fourth-order valence-electron chi connectivity index (χ4n) is 6.71. The predicted octanol–water partition coefficient (Wildman–Crippen LogP) is 6.19. The first-order valence-corrected chi connectivity index (χ1v) is 20.3. The summed E-state index contributed by atoms with van der Waals surface area (Å²) >= 11 is 0. The van der Waals surface area contributed by atoms with E-state index in [1.54, 1.807) is 0 Å². The van der Waals surface area contributed by atoms with Gasteiger partial charge in [0.1, 0.15) is 30.5 Å². The second-order valence-electron chi connectivity index (χ2n) is 14.6. The van der Waals surface area contributed by atoms with Crippen LogP contribution in [-0.2, 0) is 14.3 Å². The summed E-state index contributed by atoms with van der Waals surface area (Å²) in [4.78, 5) is 12.7. The van der Waals surface area contributed by atoms with Crippen molar-refractivity contribution in [3.8, 4) is 0 Å². The van der Waals surface area contributed by atoms with Crippen molar-refractivity contribution in [2.75, 3.05) is 13.2 Å². The Morgan fingerprint density at radius 1 is 0.633 bits per heavy atom.